The Morgan fingerprint density at radius 2 is 1.93 bits per heavy atom. The molecule has 0 saturated carbocycles. The Bertz CT molecular complexity index is 1790. The van der Waals surface area contributed by atoms with Crippen LogP contribution in [0.15, 0.2) is 30.7 Å². The van der Waals surface area contributed by atoms with Gasteiger partial charge >= 0.3 is 12.1 Å². The van der Waals surface area contributed by atoms with E-state index >= 15 is 0 Å². The minimum atomic E-state index is -5.08. The van der Waals surface area contributed by atoms with Gasteiger partial charge < -0.3 is 21.1 Å². The Labute approximate surface area is 245 Å². The lowest BCUT2D eigenvalue weighted by Gasteiger charge is -2.35. The van der Waals surface area contributed by atoms with Crippen LogP contribution < -0.4 is 16.0 Å². The van der Waals surface area contributed by atoms with Crippen molar-refractivity contribution in [2.45, 2.75) is 31.3 Å². The Kier molecular flexibility index (Phi) is 8.48. The third-order valence-electron chi connectivity index (χ3n) is 6.43. The summed E-state index contributed by atoms with van der Waals surface area (Å²) in [5, 5.41) is 18.7. The Morgan fingerprint density at radius 1 is 1.26 bits per heavy atom. The van der Waals surface area contributed by atoms with Gasteiger partial charge in [0.25, 0.3) is 5.91 Å². The highest BCUT2D eigenvalue weighted by Crippen LogP contribution is 2.36. The van der Waals surface area contributed by atoms with E-state index in [-0.39, 0.29) is 30.2 Å². The Hall–Kier alpha value is -3.83. The second kappa shape index (κ2) is 11.4. The molecule has 0 bridgehead atoms. The van der Waals surface area contributed by atoms with Crippen LogP contribution in [-0.4, -0.2) is 79.9 Å². The molecule has 4 aromatic heterocycles. The van der Waals surface area contributed by atoms with Gasteiger partial charge in [0, 0.05) is 31.0 Å². The van der Waals surface area contributed by atoms with Crippen LogP contribution in [0.1, 0.15) is 35.8 Å². The summed E-state index contributed by atoms with van der Waals surface area (Å²) >= 11 is 12.9. The first-order chi connectivity index (χ1) is 19.5. The van der Waals surface area contributed by atoms with Crippen LogP contribution in [0.4, 0.5) is 24.8 Å². The van der Waals surface area contributed by atoms with E-state index in [1.807, 2.05) is 4.90 Å². The molecule has 1 fully saturated rings. The summed E-state index contributed by atoms with van der Waals surface area (Å²) < 4.78 is 59.4. The molecule has 1 aliphatic rings. The number of carboxylic acids is 1. The minimum absolute atomic E-state index is 0.00192. The van der Waals surface area contributed by atoms with E-state index in [9.17, 15) is 26.4 Å². The number of nitrogens with two attached hydrogens (primary N) is 1. The molecule has 1 amide bonds. The molecule has 13 nitrogen and oxygen atoms in total. The third-order valence-corrected chi connectivity index (χ3v) is 9.13. The monoisotopic (exact) mass is 650 g/mol. The molecule has 4 aromatic rings. The van der Waals surface area contributed by atoms with E-state index in [4.69, 9.17) is 38.8 Å². The molecule has 226 valence electrons. The highest BCUT2D eigenvalue weighted by Gasteiger charge is 2.38. The van der Waals surface area contributed by atoms with E-state index in [2.05, 4.69) is 20.5 Å². The van der Waals surface area contributed by atoms with Crippen molar-refractivity contribution in [3.05, 3.63) is 51.9 Å². The van der Waals surface area contributed by atoms with E-state index in [0.717, 1.165) is 0 Å². The van der Waals surface area contributed by atoms with E-state index in [0.29, 0.717) is 32.6 Å². The Morgan fingerprint density at radius 3 is 2.55 bits per heavy atom. The van der Waals surface area contributed by atoms with Gasteiger partial charge in [-0.2, -0.15) is 18.3 Å². The SMILES string of the molecule is CC(NC(=O)c1c(N)nn2cccnc12)c1cc(Cl)c2c(Cl)cnn2c1N1CCS(=O)(=O)C(C)C1.O=C(O)C(F)(F)F. The van der Waals surface area contributed by atoms with Crippen LogP contribution >= 0.6 is 23.2 Å². The molecule has 4 N–H and O–H groups in total. The van der Waals surface area contributed by atoms with Crippen LogP contribution in [0.5, 0.6) is 0 Å². The van der Waals surface area contributed by atoms with Crippen molar-refractivity contribution >= 4 is 67.7 Å². The van der Waals surface area contributed by atoms with Crippen LogP contribution in [0.25, 0.3) is 11.2 Å². The molecule has 1 aliphatic heterocycles. The number of nitrogen functional groups attached to an aromatic ring is 1. The first-order valence-electron chi connectivity index (χ1n) is 12.0. The molecule has 2 atom stereocenters. The third kappa shape index (κ3) is 6.03. The maximum atomic E-state index is 13.2. The topological polar surface area (TPSA) is 177 Å². The molecule has 0 aromatic carbocycles. The molecule has 2 unspecified atom stereocenters. The van der Waals surface area contributed by atoms with Gasteiger partial charge in [-0.15, -0.1) is 5.10 Å². The van der Waals surface area contributed by atoms with Crippen LogP contribution in [0.3, 0.4) is 0 Å². The lowest BCUT2D eigenvalue weighted by Crippen LogP contribution is -2.47. The number of nitrogens with one attached hydrogen (secondary N) is 1. The zero-order valence-electron chi connectivity index (χ0n) is 21.8. The average molecular weight is 651 g/mol. The zero-order chi connectivity index (χ0) is 31.1. The number of hydrogen-bond donors (Lipinski definition) is 3. The van der Waals surface area contributed by atoms with Crippen LogP contribution in [0, 0.1) is 0 Å². The quantitative estimate of drug-likeness (QED) is 0.297. The maximum Gasteiger partial charge on any atom is 0.490 e. The van der Waals surface area contributed by atoms with Gasteiger partial charge in [-0.3, -0.25) is 4.79 Å². The average Bonchev–Trinajstić information content (AvgIpc) is 3.45. The molecule has 5 heterocycles. The highest BCUT2D eigenvalue weighted by atomic mass is 35.5. The number of carbonyl (C=O) groups is 2. The number of alkyl halides is 3. The number of amides is 1. The van der Waals surface area contributed by atoms with Gasteiger partial charge in [0.2, 0.25) is 0 Å². The van der Waals surface area contributed by atoms with Gasteiger partial charge in [-0.05, 0) is 26.0 Å². The van der Waals surface area contributed by atoms with Crippen LogP contribution in [-0.2, 0) is 14.6 Å². The van der Waals surface area contributed by atoms with Crippen molar-refractivity contribution in [1.82, 2.24) is 29.5 Å². The lowest BCUT2D eigenvalue weighted by molar-refractivity contribution is -0.192. The number of pyridine rings is 1. The fourth-order valence-electron chi connectivity index (χ4n) is 4.35. The summed E-state index contributed by atoms with van der Waals surface area (Å²) in [5.74, 6) is -2.56. The van der Waals surface area contributed by atoms with E-state index in [1.54, 1.807) is 42.9 Å². The summed E-state index contributed by atoms with van der Waals surface area (Å²) in [6.07, 6.45) is -0.401. The van der Waals surface area contributed by atoms with Crippen molar-refractivity contribution in [2.24, 2.45) is 0 Å². The van der Waals surface area contributed by atoms with Crippen molar-refractivity contribution < 1.29 is 36.3 Å². The number of fused-ring (bicyclic) bond motifs is 2. The van der Waals surface area contributed by atoms with Crippen molar-refractivity contribution in [3.8, 4) is 0 Å². The second-order valence-corrected chi connectivity index (χ2v) is 12.6. The number of hydrogen-bond acceptors (Lipinski definition) is 9. The number of carboxylic acid groups (broad SMARTS) is 1. The standard InChI is InChI=1S/C21H22Cl2N8O3S.C2HF3O2/c1-11-10-29(6-7-35(11,33)34)21-13(8-14(22)17-15(23)9-26-31(17)21)12(2)27-20(32)16-18(24)28-30-5-3-4-25-19(16)30;3-2(4,5)1(6)7/h3-5,8-9,11-12H,6-7,10H2,1-2H3,(H2,24,28)(H,27,32);(H,6,7). The molecular weight excluding hydrogens is 628 g/mol. The summed E-state index contributed by atoms with van der Waals surface area (Å²) in [6, 6.07) is 2.84. The number of anilines is 2. The van der Waals surface area contributed by atoms with E-state index in [1.165, 1.54) is 10.7 Å². The van der Waals surface area contributed by atoms with Crippen molar-refractivity contribution in [2.75, 3.05) is 29.5 Å². The fourth-order valence-corrected chi connectivity index (χ4v) is 6.20. The largest absolute Gasteiger partial charge is 0.490 e. The minimum Gasteiger partial charge on any atom is -0.475 e. The molecule has 0 aliphatic carbocycles. The number of aromatic nitrogens is 5. The molecular formula is C23H23Cl2F3N8O5S. The predicted octanol–water partition coefficient (Wildman–Crippen LogP) is 3.01. The Balaban J connectivity index is 0.000000517. The van der Waals surface area contributed by atoms with Gasteiger partial charge in [-0.1, -0.05) is 23.2 Å². The second-order valence-electron chi connectivity index (χ2n) is 9.29. The first-order valence-corrected chi connectivity index (χ1v) is 14.5. The molecule has 0 spiro atoms. The maximum absolute atomic E-state index is 13.2. The summed E-state index contributed by atoms with van der Waals surface area (Å²) in [6.45, 7) is 3.99. The normalized spacial score (nSPS) is 17.5. The van der Waals surface area contributed by atoms with Crippen molar-refractivity contribution in [3.63, 3.8) is 0 Å². The summed E-state index contributed by atoms with van der Waals surface area (Å²) in [5.41, 5.74) is 7.65. The summed E-state index contributed by atoms with van der Waals surface area (Å²) in [4.78, 5) is 28.3. The predicted molar refractivity (Wildman–Crippen MR) is 148 cm³/mol. The lowest BCUT2D eigenvalue weighted by atomic mass is 10.1. The van der Waals surface area contributed by atoms with Gasteiger partial charge in [-0.25, -0.2) is 27.2 Å². The van der Waals surface area contributed by atoms with Gasteiger partial charge in [0.1, 0.15) is 16.9 Å². The molecule has 5 rings (SSSR count). The zero-order valence-corrected chi connectivity index (χ0v) is 24.1. The summed E-state index contributed by atoms with van der Waals surface area (Å²) in [7, 11) is -3.19. The number of sulfone groups is 1. The molecule has 1 saturated heterocycles. The number of nitrogens with zero attached hydrogens (tertiary/aromatic N) is 6. The van der Waals surface area contributed by atoms with E-state index < -0.39 is 39.2 Å². The van der Waals surface area contributed by atoms with Gasteiger partial charge in [0.15, 0.2) is 21.3 Å². The fraction of sp³-hybridized carbons (Fsp3) is 0.348. The first kappa shape index (κ1) is 31.1. The molecule has 42 heavy (non-hydrogen) atoms. The number of aliphatic carboxylic acids is 1. The molecule has 19 heteroatoms. The number of halogens is 5. The van der Waals surface area contributed by atoms with Crippen LogP contribution in [0.2, 0.25) is 10.0 Å². The highest BCUT2D eigenvalue weighted by molar-refractivity contribution is 7.92. The van der Waals surface area contributed by atoms with Gasteiger partial charge in [0.05, 0.1) is 33.3 Å². The smallest absolute Gasteiger partial charge is 0.475 e. The van der Waals surface area contributed by atoms with Crippen molar-refractivity contribution in [1.29, 1.82) is 0 Å². The molecule has 0 radical (unpaired) electrons. The number of rotatable bonds is 4. The number of carbonyl (C=O) groups excluding carboxylic acids is 1.